The first-order valence-corrected chi connectivity index (χ1v) is 7.30. The van der Waals surface area contributed by atoms with E-state index in [1.807, 2.05) is 0 Å². The number of epoxide rings is 2. The number of hydrogen-bond donors (Lipinski definition) is 0. The van der Waals surface area contributed by atoms with Crippen LogP contribution >= 0.6 is 0 Å². The summed E-state index contributed by atoms with van der Waals surface area (Å²) in [6.07, 6.45) is 5.55. The van der Waals surface area contributed by atoms with Gasteiger partial charge in [0.1, 0.15) is 17.0 Å². The first-order valence-electron chi connectivity index (χ1n) is 7.30. The molecule has 0 aromatic heterocycles. The lowest BCUT2D eigenvalue weighted by Gasteiger charge is -2.42. The van der Waals surface area contributed by atoms with Crippen LogP contribution in [-0.2, 0) is 14.3 Å². The van der Waals surface area contributed by atoms with Gasteiger partial charge < -0.3 is 9.47 Å². The van der Waals surface area contributed by atoms with Gasteiger partial charge in [-0.05, 0) is 33.6 Å². The number of Topliss-reactive ketones (excluding diaryl/α,β-unsaturated/α-hetero) is 1. The minimum Gasteiger partial charge on any atom is -0.369 e. The van der Waals surface area contributed by atoms with Crippen molar-refractivity contribution >= 4 is 5.78 Å². The van der Waals surface area contributed by atoms with Crippen LogP contribution < -0.4 is 0 Å². The van der Waals surface area contributed by atoms with Crippen molar-refractivity contribution in [3.8, 4) is 0 Å². The van der Waals surface area contributed by atoms with E-state index < -0.39 is 0 Å². The number of hydrogen-bond acceptors (Lipinski definition) is 3. The molecule has 106 valence electrons. The number of carbonyl (C=O) groups is 1. The quantitative estimate of drug-likeness (QED) is 0.581. The lowest BCUT2D eigenvalue weighted by molar-refractivity contribution is -0.129. The molecule has 3 fully saturated rings. The third-order valence-electron chi connectivity index (χ3n) is 5.64. The van der Waals surface area contributed by atoms with E-state index in [-0.39, 0.29) is 22.7 Å². The molecule has 3 rings (SSSR count). The van der Waals surface area contributed by atoms with Crippen LogP contribution in [0.4, 0.5) is 0 Å². The van der Waals surface area contributed by atoms with Gasteiger partial charge in [-0.1, -0.05) is 18.6 Å². The first-order chi connectivity index (χ1) is 8.83. The van der Waals surface area contributed by atoms with E-state index in [2.05, 4.69) is 33.8 Å². The molecule has 0 aromatic carbocycles. The van der Waals surface area contributed by atoms with Crippen LogP contribution in [0.2, 0.25) is 0 Å². The minimum atomic E-state index is -0.203. The molecule has 3 heteroatoms. The van der Waals surface area contributed by atoms with E-state index in [4.69, 9.17) is 9.47 Å². The van der Waals surface area contributed by atoms with E-state index in [9.17, 15) is 4.79 Å². The van der Waals surface area contributed by atoms with Gasteiger partial charge in [-0.15, -0.1) is 0 Å². The molecule has 0 amide bonds. The summed E-state index contributed by atoms with van der Waals surface area (Å²) in [5, 5.41) is 0. The number of rotatable bonds is 3. The van der Waals surface area contributed by atoms with Crippen LogP contribution in [0.15, 0.2) is 11.6 Å². The fraction of sp³-hybridized carbons (Fsp3) is 0.812. The highest BCUT2D eigenvalue weighted by Crippen LogP contribution is 2.65. The second kappa shape index (κ2) is 3.92. The largest absolute Gasteiger partial charge is 0.369 e. The molecule has 0 bridgehead atoms. The van der Waals surface area contributed by atoms with Gasteiger partial charge >= 0.3 is 0 Å². The highest BCUT2D eigenvalue weighted by Gasteiger charge is 2.75. The van der Waals surface area contributed by atoms with Crippen molar-refractivity contribution in [2.75, 3.05) is 6.61 Å². The predicted octanol–water partition coefficient (Wildman–Crippen LogP) is 3.03. The van der Waals surface area contributed by atoms with Gasteiger partial charge in [-0.3, -0.25) is 4.79 Å². The van der Waals surface area contributed by atoms with Crippen LogP contribution in [0.1, 0.15) is 53.4 Å². The van der Waals surface area contributed by atoms with Crippen molar-refractivity contribution in [1.82, 2.24) is 0 Å². The van der Waals surface area contributed by atoms with Gasteiger partial charge in [-0.2, -0.15) is 0 Å². The summed E-state index contributed by atoms with van der Waals surface area (Å²) in [6.45, 7) is 9.37. The Labute approximate surface area is 115 Å². The molecule has 1 saturated carbocycles. The first kappa shape index (κ1) is 13.3. The second-order valence-corrected chi connectivity index (χ2v) is 7.06. The van der Waals surface area contributed by atoms with E-state index in [0.29, 0.717) is 18.6 Å². The third-order valence-corrected chi connectivity index (χ3v) is 5.64. The van der Waals surface area contributed by atoms with Crippen LogP contribution in [-0.4, -0.2) is 29.7 Å². The molecule has 19 heavy (non-hydrogen) atoms. The Morgan fingerprint density at radius 2 is 2.11 bits per heavy atom. The Bertz CT molecular complexity index is 445. The fourth-order valence-electron chi connectivity index (χ4n) is 3.80. The molecule has 3 aliphatic rings. The molecule has 1 aliphatic carbocycles. The lowest BCUT2D eigenvalue weighted by Crippen LogP contribution is -2.52. The summed E-state index contributed by atoms with van der Waals surface area (Å²) in [7, 11) is 0. The van der Waals surface area contributed by atoms with Gasteiger partial charge in [0, 0.05) is 18.3 Å². The Morgan fingerprint density at radius 1 is 1.42 bits per heavy atom. The van der Waals surface area contributed by atoms with Gasteiger partial charge in [0.15, 0.2) is 0 Å². The van der Waals surface area contributed by atoms with Crippen molar-refractivity contribution in [3.63, 3.8) is 0 Å². The van der Waals surface area contributed by atoms with Crippen molar-refractivity contribution in [2.24, 2.45) is 5.41 Å². The van der Waals surface area contributed by atoms with Gasteiger partial charge in [0.2, 0.25) is 0 Å². The zero-order valence-electron chi connectivity index (χ0n) is 12.4. The molecule has 1 unspecified atom stereocenters. The van der Waals surface area contributed by atoms with Gasteiger partial charge in [0.25, 0.3) is 0 Å². The topological polar surface area (TPSA) is 42.1 Å². The van der Waals surface area contributed by atoms with Crippen molar-refractivity contribution in [2.45, 2.75) is 70.7 Å². The zero-order chi connectivity index (χ0) is 13.9. The van der Waals surface area contributed by atoms with E-state index >= 15 is 0 Å². The van der Waals surface area contributed by atoms with Crippen LogP contribution in [0.25, 0.3) is 0 Å². The standard InChI is InChI=1S/C16H24O3/c1-11(2)5-6-13-15(4,19-13)14(3)9-12(17)7-8-16(14)10-18-16/h5,13H,6-10H2,1-4H3/t13?,14-,15+,16+/m1/s1. The van der Waals surface area contributed by atoms with E-state index in [1.165, 1.54) is 5.57 Å². The minimum absolute atomic E-state index is 0.0879. The number of ether oxygens (including phenoxy) is 2. The third kappa shape index (κ3) is 1.82. The second-order valence-electron chi connectivity index (χ2n) is 7.06. The number of ketones is 1. The predicted molar refractivity (Wildman–Crippen MR) is 73.0 cm³/mol. The molecule has 4 atom stereocenters. The molecule has 0 aromatic rings. The molecule has 1 spiro atoms. The smallest absolute Gasteiger partial charge is 0.133 e. The molecule has 2 aliphatic heterocycles. The van der Waals surface area contributed by atoms with E-state index in [0.717, 1.165) is 19.4 Å². The highest BCUT2D eigenvalue weighted by molar-refractivity contribution is 5.81. The van der Waals surface area contributed by atoms with Crippen LogP contribution in [0, 0.1) is 5.41 Å². The summed E-state index contributed by atoms with van der Waals surface area (Å²) in [5.74, 6) is 0.362. The zero-order valence-corrected chi connectivity index (χ0v) is 12.4. The maximum atomic E-state index is 11.9. The maximum Gasteiger partial charge on any atom is 0.133 e. The molecule has 2 saturated heterocycles. The SMILES string of the molecule is CC(C)=CCC1O[C@]1(C)[C@@]1(C)CC(=O)CC[C@]12CO2. The normalized spacial score (nSPS) is 48.2. The lowest BCUT2D eigenvalue weighted by atomic mass is 9.59. The van der Waals surface area contributed by atoms with Crippen molar-refractivity contribution in [1.29, 1.82) is 0 Å². The van der Waals surface area contributed by atoms with Crippen molar-refractivity contribution < 1.29 is 14.3 Å². The van der Waals surface area contributed by atoms with E-state index in [1.54, 1.807) is 0 Å². The summed E-state index contributed by atoms with van der Waals surface area (Å²) in [6, 6.07) is 0. The summed E-state index contributed by atoms with van der Waals surface area (Å²) >= 11 is 0. The van der Waals surface area contributed by atoms with Crippen LogP contribution in [0.5, 0.6) is 0 Å². The average molecular weight is 264 g/mol. The number of carbonyl (C=O) groups excluding carboxylic acids is 1. The Morgan fingerprint density at radius 3 is 2.68 bits per heavy atom. The Balaban J connectivity index is 1.80. The average Bonchev–Trinajstić information content (AvgIpc) is 3.20. The maximum absolute atomic E-state index is 11.9. The molecule has 2 heterocycles. The number of allylic oxidation sites excluding steroid dienone is 1. The van der Waals surface area contributed by atoms with Gasteiger partial charge in [-0.25, -0.2) is 0 Å². The summed E-state index contributed by atoms with van der Waals surface area (Å²) in [5.41, 5.74) is 0.872. The molecular formula is C16H24O3. The molecular weight excluding hydrogens is 240 g/mol. The summed E-state index contributed by atoms with van der Waals surface area (Å²) in [4.78, 5) is 11.9. The molecule has 3 nitrogen and oxygen atoms in total. The van der Waals surface area contributed by atoms with Crippen molar-refractivity contribution in [3.05, 3.63) is 11.6 Å². The fourth-order valence-corrected chi connectivity index (χ4v) is 3.80. The molecule has 0 radical (unpaired) electrons. The highest BCUT2D eigenvalue weighted by atomic mass is 16.6. The van der Waals surface area contributed by atoms with Crippen LogP contribution in [0.3, 0.4) is 0 Å². The van der Waals surface area contributed by atoms with Gasteiger partial charge in [0.05, 0.1) is 12.7 Å². The monoisotopic (exact) mass is 264 g/mol. The Kier molecular flexibility index (Phi) is 2.75. The Hall–Kier alpha value is -0.670. The summed E-state index contributed by atoms with van der Waals surface area (Å²) < 4.78 is 11.8. The molecule has 0 N–H and O–H groups in total.